The molecule has 0 aliphatic carbocycles. The summed E-state index contributed by atoms with van der Waals surface area (Å²) in [5.74, 6) is -0.197. The normalized spacial score (nSPS) is 9.73. The van der Waals surface area contributed by atoms with Gasteiger partial charge in [-0.2, -0.15) is 8.78 Å². The zero-order valence-corrected chi connectivity index (χ0v) is 8.69. The van der Waals surface area contributed by atoms with E-state index in [1.54, 1.807) is 11.6 Å². The summed E-state index contributed by atoms with van der Waals surface area (Å²) in [5.41, 5.74) is 0. The number of hydrogen-bond donors (Lipinski definition) is 1. The van der Waals surface area contributed by atoms with E-state index < -0.39 is 6.08 Å². The molecule has 1 amide bonds. The number of rotatable bonds is 5. The molecule has 1 aromatic rings. The maximum absolute atomic E-state index is 11.6. The van der Waals surface area contributed by atoms with Crippen molar-refractivity contribution in [2.24, 2.45) is 0 Å². The van der Waals surface area contributed by atoms with Crippen LogP contribution < -0.4 is 5.32 Å². The van der Waals surface area contributed by atoms with E-state index in [0.29, 0.717) is 11.6 Å². The van der Waals surface area contributed by atoms with Crippen LogP contribution in [0.2, 0.25) is 0 Å². The minimum Gasteiger partial charge on any atom is -0.302 e. The molecule has 0 saturated carbocycles. The number of carbonyl (C=O) groups excluding carboxylic acids is 1. The molecule has 1 heterocycles. The van der Waals surface area contributed by atoms with Crippen LogP contribution in [0.4, 0.5) is 13.9 Å². The zero-order chi connectivity index (χ0) is 11.1. The lowest BCUT2D eigenvalue weighted by molar-refractivity contribution is -0.116. The predicted molar refractivity (Wildman–Crippen MR) is 54.9 cm³/mol. The van der Waals surface area contributed by atoms with Crippen molar-refractivity contribution in [3.05, 3.63) is 23.7 Å². The van der Waals surface area contributed by atoms with Gasteiger partial charge in [-0.1, -0.05) is 0 Å². The van der Waals surface area contributed by atoms with Crippen molar-refractivity contribution in [1.29, 1.82) is 0 Å². The SMILES string of the molecule is O=C(CCCC=C(F)F)Nc1nccs1. The molecule has 15 heavy (non-hydrogen) atoms. The van der Waals surface area contributed by atoms with E-state index in [-0.39, 0.29) is 18.7 Å². The largest absolute Gasteiger partial charge is 0.302 e. The summed E-state index contributed by atoms with van der Waals surface area (Å²) in [7, 11) is 0. The number of allylic oxidation sites excluding steroid dienone is 1. The topological polar surface area (TPSA) is 42.0 Å². The second kappa shape index (κ2) is 6.23. The Labute approximate surface area is 89.8 Å². The van der Waals surface area contributed by atoms with Crippen molar-refractivity contribution in [2.45, 2.75) is 19.3 Å². The number of halogens is 2. The summed E-state index contributed by atoms with van der Waals surface area (Å²) in [4.78, 5) is 15.1. The van der Waals surface area contributed by atoms with Crippen LogP contribution in [0.15, 0.2) is 23.7 Å². The molecule has 82 valence electrons. The van der Waals surface area contributed by atoms with Crippen molar-refractivity contribution in [1.82, 2.24) is 4.98 Å². The third-order valence-electron chi connectivity index (χ3n) is 1.59. The Morgan fingerprint density at radius 1 is 1.60 bits per heavy atom. The number of thiazole rings is 1. The fraction of sp³-hybridized carbons (Fsp3) is 0.333. The van der Waals surface area contributed by atoms with Crippen molar-refractivity contribution in [3.8, 4) is 0 Å². The highest BCUT2D eigenvalue weighted by atomic mass is 32.1. The smallest absolute Gasteiger partial charge is 0.266 e. The Morgan fingerprint density at radius 2 is 2.40 bits per heavy atom. The van der Waals surface area contributed by atoms with Gasteiger partial charge in [-0.25, -0.2) is 4.98 Å². The van der Waals surface area contributed by atoms with Crippen LogP contribution in [-0.2, 0) is 4.79 Å². The highest BCUT2D eigenvalue weighted by Crippen LogP contribution is 2.11. The van der Waals surface area contributed by atoms with Crippen LogP contribution in [0, 0.1) is 0 Å². The summed E-state index contributed by atoms with van der Waals surface area (Å²) < 4.78 is 23.2. The quantitative estimate of drug-likeness (QED) is 0.793. The molecular formula is C9H10F2N2OS. The Hall–Kier alpha value is -1.30. The minimum atomic E-state index is -1.70. The molecule has 0 aromatic carbocycles. The second-order valence-electron chi connectivity index (χ2n) is 2.77. The fourth-order valence-electron chi connectivity index (χ4n) is 0.941. The molecule has 1 N–H and O–H groups in total. The van der Waals surface area contributed by atoms with Gasteiger partial charge >= 0.3 is 0 Å². The first-order chi connectivity index (χ1) is 7.18. The number of anilines is 1. The Bertz CT molecular complexity index is 334. The van der Waals surface area contributed by atoms with Gasteiger partial charge in [0, 0.05) is 18.0 Å². The molecule has 0 aliphatic heterocycles. The van der Waals surface area contributed by atoms with Crippen LogP contribution >= 0.6 is 11.3 Å². The summed E-state index contributed by atoms with van der Waals surface area (Å²) in [5, 5.41) is 4.85. The Balaban J connectivity index is 2.17. The van der Waals surface area contributed by atoms with Crippen molar-refractivity contribution >= 4 is 22.4 Å². The van der Waals surface area contributed by atoms with Gasteiger partial charge in [0.05, 0.1) is 0 Å². The Morgan fingerprint density at radius 3 is 3.00 bits per heavy atom. The first kappa shape index (κ1) is 11.8. The molecule has 0 unspecified atom stereocenters. The van der Waals surface area contributed by atoms with Gasteiger partial charge in [0.25, 0.3) is 6.08 Å². The molecule has 0 aliphatic rings. The number of nitrogens with one attached hydrogen (secondary N) is 1. The maximum Gasteiger partial charge on any atom is 0.266 e. The van der Waals surface area contributed by atoms with Gasteiger partial charge in [-0.05, 0) is 18.9 Å². The lowest BCUT2D eigenvalue weighted by atomic mass is 10.2. The lowest BCUT2D eigenvalue weighted by Crippen LogP contribution is -2.10. The van der Waals surface area contributed by atoms with Gasteiger partial charge in [-0.3, -0.25) is 4.79 Å². The molecular weight excluding hydrogens is 222 g/mol. The summed E-state index contributed by atoms with van der Waals surface area (Å²) >= 11 is 1.32. The molecule has 3 nitrogen and oxygen atoms in total. The molecule has 0 spiro atoms. The van der Waals surface area contributed by atoms with E-state index in [1.165, 1.54) is 11.3 Å². The summed E-state index contributed by atoms with van der Waals surface area (Å²) in [6, 6.07) is 0. The molecule has 0 atom stereocenters. The van der Waals surface area contributed by atoms with Gasteiger partial charge < -0.3 is 5.32 Å². The van der Waals surface area contributed by atoms with E-state index in [2.05, 4.69) is 10.3 Å². The molecule has 0 bridgehead atoms. The fourth-order valence-corrected chi connectivity index (χ4v) is 1.49. The first-order valence-corrected chi connectivity index (χ1v) is 5.27. The van der Waals surface area contributed by atoms with Crippen molar-refractivity contribution in [3.63, 3.8) is 0 Å². The average molecular weight is 232 g/mol. The van der Waals surface area contributed by atoms with E-state index in [9.17, 15) is 13.6 Å². The van der Waals surface area contributed by atoms with Crippen LogP contribution in [-0.4, -0.2) is 10.9 Å². The van der Waals surface area contributed by atoms with Gasteiger partial charge in [-0.15, -0.1) is 11.3 Å². The highest BCUT2D eigenvalue weighted by molar-refractivity contribution is 7.13. The van der Waals surface area contributed by atoms with Crippen LogP contribution in [0.5, 0.6) is 0 Å². The third kappa shape index (κ3) is 5.21. The van der Waals surface area contributed by atoms with Crippen LogP contribution in [0.3, 0.4) is 0 Å². The maximum atomic E-state index is 11.6. The standard InChI is InChI=1S/C9H10F2N2OS/c10-7(11)3-1-2-4-8(14)13-9-12-5-6-15-9/h3,5-6H,1-2,4H2,(H,12,13,14). The number of hydrogen-bond acceptors (Lipinski definition) is 3. The number of amides is 1. The number of nitrogens with zero attached hydrogens (tertiary/aromatic N) is 1. The predicted octanol–water partition coefficient (Wildman–Crippen LogP) is 3.03. The molecule has 6 heteroatoms. The van der Waals surface area contributed by atoms with Crippen molar-refractivity contribution in [2.75, 3.05) is 5.32 Å². The molecule has 0 saturated heterocycles. The number of unbranched alkanes of at least 4 members (excludes halogenated alkanes) is 1. The average Bonchev–Trinajstić information content (AvgIpc) is 2.64. The van der Waals surface area contributed by atoms with E-state index in [4.69, 9.17) is 0 Å². The first-order valence-electron chi connectivity index (χ1n) is 4.39. The minimum absolute atomic E-state index is 0.197. The highest BCUT2D eigenvalue weighted by Gasteiger charge is 2.02. The second-order valence-corrected chi connectivity index (χ2v) is 3.67. The van der Waals surface area contributed by atoms with Gasteiger partial charge in [0.1, 0.15) is 0 Å². The van der Waals surface area contributed by atoms with E-state index in [0.717, 1.165) is 6.08 Å². The van der Waals surface area contributed by atoms with Gasteiger partial charge in [0.2, 0.25) is 5.91 Å². The van der Waals surface area contributed by atoms with Crippen molar-refractivity contribution < 1.29 is 13.6 Å². The lowest BCUT2D eigenvalue weighted by Gasteiger charge is -1.99. The van der Waals surface area contributed by atoms with Gasteiger partial charge in [0.15, 0.2) is 5.13 Å². The van der Waals surface area contributed by atoms with E-state index >= 15 is 0 Å². The molecule has 1 rings (SSSR count). The van der Waals surface area contributed by atoms with E-state index in [1.807, 2.05) is 0 Å². The number of carbonyl (C=O) groups is 1. The molecule has 1 aromatic heterocycles. The molecule has 0 fully saturated rings. The molecule has 0 radical (unpaired) electrons. The zero-order valence-electron chi connectivity index (χ0n) is 7.87. The number of aromatic nitrogens is 1. The summed E-state index contributed by atoms with van der Waals surface area (Å²) in [6.45, 7) is 0. The Kier molecular flexibility index (Phi) is 4.89. The van der Waals surface area contributed by atoms with Crippen LogP contribution in [0.25, 0.3) is 0 Å². The monoisotopic (exact) mass is 232 g/mol. The third-order valence-corrected chi connectivity index (χ3v) is 2.27. The van der Waals surface area contributed by atoms with Crippen LogP contribution in [0.1, 0.15) is 19.3 Å². The summed E-state index contributed by atoms with van der Waals surface area (Å²) in [6.07, 6.45) is 1.55.